The quantitative estimate of drug-likeness (QED) is 0.887. The van der Waals surface area contributed by atoms with Crippen LogP contribution in [0.25, 0.3) is 0 Å². The zero-order chi connectivity index (χ0) is 15.5. The largest absolute Gasteiger partial charge is 0.439 e. The van der Waals surface area contributed by atoms with Crippen molar-refractivity contribution >= 4 is 11.6 Å². The molecule has 4 heteroatoms. The van der Waals surface area contributed by atoms with Gasteiger partial charge in [0.25, 0.3) is 0 Å². The van der Waals surface area contributed by atoms with Gasteiger partial charge < -0.3 is 10.1 Å². The summed E-state index contributed by atoms with van der Waals surface area (Å²) < 4.78 is 5.72. The van der Waals surface area contributed by atoms with Gasteiger partial charge in [-0.2, -0.15) is 0 Å². The minimum atomic E-state index is 0.0882. The average Bonchev–Trinajstić information content (AvgIpc) is 2.39. The summed E-state index contributed by atoms with van der Waals surface area (Å²) in [5.74, 6) is 1.32. The fraction of sp³-hybridized carbons (Fsp3) is 0.353. The topological polar surface area (TPSA) is 34.1 Å². The maximum Gasteiger partial charge on any atom is 0.219 e. The van der Waals surface area contributed by atoms with E-state index in [9.17, 15) is 0 Å². The molecule has 21 heavy (non-hydrogen) atoms. The van der Waals surface area contributed by atoms with Crippen molar-refractivity contribution in [1.82, 2.24) is 10.3 Å². The molecule has 0 bridgehead atoms. The smallest absolute Gasteiger partial charge is 0.219 e. The average molecular weight is 305 g/mol. The molecule has 0 fully saturated rings. The third-order valence-corrected chi connectivity index (χ3v) is 3.27. The van der Waals surface area contributed by atoms with Gasteiger partial charge in [-0.1, -0.05) is 17.7 Å². The van der Waals surface area contributed by atoms with Gasteiger partial charge in [0, 0.05) is 28.9 Å². The van der Waals surface area contributed by atoms with Crippen LogP contribution in [-0.2, 0) is 6.54 Å². The van der Waals surface area contributed by atoms with Gasteiger partial charge in [0.2, 0.25) is 5.88 Å². The second-order valence-corrected chi connectivity index (χ2v) is 6.49. The van der Waals surface area contributed by atoms with Gasteiger partial charge in [-0.25, -0.2) is 4.98 Å². The molecule has 112 valence electrons. The Morgan fingerprint density at radius 3 is 2.33 bits per heavy atom. The number of aromatic nitrogens is 1. The number of rotatable bonds is 4. The van der Waals surface area contributed by atoms with Crippen LogP contribution in [0.1, 0.15) is 32.0 Å². The highest BCUT2D eigenvalue weighted by atomic mass is 35.5. The second kappa shape index (κ2) is 6.46. The molecular weight excluding hydrogens is 284 g/mol. The third-order valence-electron chi connectivity index (χ3n) is 3.01. The number of benzene rings is 1. The van der Waals surface area contributed by atoms with E-state index in [2.05, 4.69) is 31.1 Å². The maximum absolute atomic E-state index is 5.85. The number of halogens is 1. The summed E-state index contributed by atoms with van der Waals surface area (Å²) in [5, 5.41) is 4.15. The van der Waals surface area contributed by atoms with E-state index >= 15 is 0 Å². The van der Waals surface area contributed by atoms with E-state index in [1.807, 2.05) is 31.2 Å². The molecule has 0 aliphatic carbocycles. The van der Waals surface area contributed by atoms with Crippen molar-refractivity contribution in [2.45, 2.75) is 39.8 Å². The first-order valence-corrected chi connectivity index (χ1v) is 7.36. The molecule has 2 aromatic rings. The van der Waals surface area contributed by atoms with Gasteiger partial charge in [-0.15, -0.1) is 0 Å². The molecule has 0 aliphatic heterocycles. The Morgan fingerprint density at radius 2 is 1.76 bits per heavy atom. The predicted octanol–water partition coefficient (Wildman–Crippen LogP) is 4.72. The lowest BCUT2D eigenvalue weighted by molar-refractivity contribution is 0.422. The Balaban J connectivity index is 2.06. The lowest BCUT2D eigenvalue weighted by Crippen LogP contribution is -2.35. The van der Waals surface area contributed by atoms with E-state index in [4.69, 9.17) is 16.3 Å². The second-order valence-electron chi connectivity index (χ2n) is 6.05. The summed E-state index contributed by atoms with van der Waals surface area (Å²) in [4.78, 5) is 4.50. The minimum absolute atomic E-state index is 0.0882. The van der Waals surface area contributed by atoms with Crippen molar-refractivity contribution in [2.24, 2.45) is 0 Å². The SMILES string of the molecule is Cc1nc(Oc2ccc(Cl)cc2)ccc1CNC(C)(C)C. The standard InChI is InChI=1S/C17H21ClN2O/c1-12-13(11-19-17(2,3)4)5-10-16(20-12)21-15-8-6-14(18)7-9-15/h5-10,19H,11H2,1-4H3. The monoisotopic (exact) mass is 304 g/mol. The zero-order valence-corrected chi connectivity index (χ0v) is 13.7. The number of ether oxygens (including phenoxy) is 1. The fourth-order valence-electron chi connectivity index (χ4n) is 1.79. The van der Waals surface area contributed by atoms with Crippen molar-refractivity contribution in [1.29, 1.82) is 0 Å². The molecule has 0 radical (unpaired) electrons. The highest BCUT2D eigenvalue weighted by Gasteiger charge is 2.10. The van der Waals surface area contributed by atoms with Gasteiger partial charge >= 0.3 is 0 Å². The van der Waals surface area contributed by atoms with E-state index in [1.165, 1.54) is 5.56 Å². The molecule has 0 saturated heterocycles. The number of hydrogen-bond acceptors (Lipinski definition) is 3. The molecule has 0 unspecified atom stereocenters. The molecule has 1 N–H and O–H groups in total. The number of pyridine rings is 1. The van der Waals surface area contributed by atoms with Gasteiger partial charge in [-0.05, 0) is 57.5 Å². The fourth-order valence-corrected chi connectivity index (χ4v) is 1.92. The van der Waals surface area contributed by atoms with Crippen LogP contribution in [0, 0.1) is 6.92 Å². The summed E-state index contributed by atoms with van der Waals surface area (Å²) in [5.41, 5.74) is 2.23. The first-order valence-electron chi connectivity index (χ1n) is 6.98. The number of hydrogen-bond donors (Lipinski definition) is 1. The van der Waals surface area contributed by atoms with Crippen molar-refractivity contribution in [2.75, 3.05) is 0 Å². The van der Waals surface area contributed by atoms with Crippen molar-refractivity contribution in [3.05, 3.63) is 52.7 Å². The Bertz CT molecular complexity index is 603. The molecule has 0 saturated carbocycles. The number of nitrogens with one attached hydrogen (secondary N) is 1. The van der Waals surface area contributed by atoms with E-state index < -0.39 is 0 Å². The van der Waals surface area contributed by atoms with Crippen LogP contribution < -0.4 is 10.1 Å². The van der Waals surface area contributed by atoms with Crippen LogP contribution in [0.2, 0.25) is 5.02 Å². The molecule has 0 spiro atoms. The molecule has 3 nitrogen and oxygen atoms in total. The molecule has 0 amide bonds. The van der Waals surface area contributed by atoms with Crippen molar-refractivity contribution < 1.29 is 4.74 Å². The Labute approximate surface area is 131 Å². The normalized spacial score (nSPS) is 11.5. The first kappa shape index (κ1) is 15.8. The molecular formula is C17H21ClN2O. The van der Waals surface area contributed by atoms with Crippen molar-refractivity contribution in [3.63, 3.8) is 0 Å². The van der Waals surface area contributed by atoms with Crippen LogP contribution in [0.15, 0.2) is 36.4 Å². The molecule has 0 atom stereocenters. The van der Waals surface area contributed by atoms with E-state index in [0.717, 1.165) is 18.0 Å². The van der Waals surface area contributed by atoms with Gasteiger partial charge in [0.1, 0.15) is 5.75 Å². The van der Waals surface area contributed by atoms with E-state index in [-0.39, 0.29) is 5.54 Å². The van der Waals surface area contributed by atoms with Gasteiger partial charge in [0.05, 0.1) is 0 Å². The van der Waals surface area contributed by atoms with Gasteiger partial charge in [-0.3, -0.25) is 0 Å². The molecule has 1 aromatic carbocycles. The highest BCUT2D eigenvalue weighted by molar-refractivity contribution is 6.30. The third kappa shape index (κ3) is 5.03. The lowest BCUT2D eigenvalue weighted by atomic mass is 10.1. The Morgan fingerprint density at radius 1 is 1.10 bits per heavy atom. The summed E-state index contributed by atoms with van der Waals surface area (Å²) >= 11 is 5.85. The van der Waals surface area contributed by atoms with Crippen LogP contribution in [0.4, 0.5) is 0 Å². The minimum Gasteiger partial charge on any atom is -0.439 e. The molecule has 1 aromatic heterocycles. The van der Waals surface area contributed by atoms with Crippen molar-refractivity contribution in [3.8, 4) is 11.6 Å². The van der Waals surface area contributed by atoms with E-state index in [0.29, 0.717) is 10.9 Å². The predicted molar refractivity (Wildman–Crippen MR) is 87.1 cm³/mol. The van der Waals surface area contributed by atoms with Gasteiger partial charge in [0.15, 0.2) is 0 Å². The van der Waals surface area contributed by atoms with Crippen LogP contribution in [0.3, 0.4) is 0 Å². The summed E-state index contributed by atoms with van der Waals surface area (Å²) in [6, 6.07) is 11.2. The molecule has 1 heterocycles. The van der Waals surface area contributed by atoms with E-state index in [1.54, 1.807) is 12.1 Å². The Hall–Kier alpha value is -1.58. The molecule has 2 rings (SSSR count). The lowest BCUT2D eigenvalue weighted by Gasteiger charge is -2.21. The maximum atomic E-state index is 5.85. The number of aryl methyl sites for hydroxylation is 1. The summed E-state index contributed by atoms with van der Waals surface area (Å²) in [6.45, 7) is 9.23. The Kier molecular flexibility index (Phi) is 4.86. The highest BCUT2D eigenvalue weighted by Crippen LogP contribution is 2.22. The van der Waals surface area contributed by atoms with Crippen LogP contribution >= 0.6 is 11.6 Å². The first-order chi connectivity index (χ1) is 9.83. The van der Waals surface area contributed by atoms with Crippen LogP contribution in [-0.4, -0.2) is 10.5 Å². The van der Waals surface area contributed by atoms with Crippen LogP contribution in [0.5, 0.6) is 11.6 Å². The number of nitrogens with zero attached hydrogens (tertiary/aromatic N) is 1. The summed E-state index contributed by atoms with van der Waals surface area (Å²) in [6.07, 6.45) is 0. The molecule has 0 aliphatic rings. The zero-order valence-electron chi connectivity index (χ0n) is 12.9. The summed E-state index contributed by atoms with van der Waals surface area (Å²) in [7, 11) is 0.